The molecular weight excluding hydrogens is 442 g/mol. The van der Waals surface area contributed by atoms with E-state index < -0.39 is 5.91 Å². The molecule has 5 rings (SSSR count). The number of nitrogens with zero attached hydrogens (tertiary/aromatic N) is 3. The minimum absolute atomic E-state index is 0.0180. The summed E-state index contributed by atoms with van der Waals surface area (Å²) in [5, 5.41) is 11.9. The van der Waals surface area contributed by atoms with Crippen LogP contribution >= 0.6 is 0 Å². The van der Waals surface area contributed by atoms with Crippen LogP contribution in [0.3, 0.4) is 0 Å². The maximum atomic E-state index is 13.6. The van der Waals surface area contributed by atoms with E-state index in [2.05, 4.69) is 4.90 Å². The van der Waals surface area contributed by atoms with Gasteiger partial charge < -0.3 is 4.90 Å². The zero-order valence-corrected chi connectivity index (χ0v) is 19.4. The number of anilines is 2. The standard InChI is InChI=1S/C28H25N3O4/c1-19-8-7-9-21(16-19)30-27(32)23-11-4-3-10-22(23)24(28(30)33)17-20-12-13-25(26(18-20)31(34)35)29-14-5-2-6-15-29/h3-4,7-13,16-18H,2,5-6,14-15H2,1H3. The zero-order valence-electron chi connectivity index (χ0n) is 19.4. The Morgan fingerprint density at radius 3 is 2.31 bits per heavy atom. The predicted molar refractivity (Wildman–Crippen MR) is 136 cm³/mol. The zero-order chi connectivity index (χ0) is 24.5. The van der Waals surface area contributed by atoms with E-state index in [1.165, 1.54) is 11.0 Å². The molecular formula is C28H25N3O4. The van der Waals surface area contributed by atoms with Crippen LogP contribution in [0.15, 0.2) is 66.7 Å². The van der Waals surface area contributed by atoms with Gasteiger partial charge in [-0.2, -0.15) is 0 Å². The number of nitro benzene ring substituents is 1. The monoisotopic (exact) mass is 467 g/mol. The summed E-state index contributed by atoms with van der Waals surface area (Å²) in [5.41, 5.74) is 3.83. The molecule has 3 aromatic rings. The summed E-state index contributed by atoms with van der Waals surface area (Å²) in [4.78, 5) is 41.7. The minimum atomic E-state index is -0.456. The molecule has 0 spiro atoms. The highest BCUT2D eigenvalue weighted by Crippen LogP contribution is 2.36. The fourth-order valence-corrected chi connectivity index (χ4v) is 4.84. The maximum Gasteiger partial charge on any atom is 0.293 e. The molecule has 1 saturated heterocycles. The van der Waals surface area contributed by atoms with Gasteiger partial charge in [0.1, 0.15) is 5.69 Å². The molecule has 0 bridgehead atoms. The van der Waals surface area contributed by atoms with Gasteiger partial charge in [0, 0.05) is 30.3 Å². The lowest BCUT2D eigenvalue weighted by molar-refractivity contribution is -0.384. The summed E-state index contributed by atoms with van der Waals surface area (Å²) in [6, 6.07) is 19.3. The molecule has 2 heterocycles. The number of aryl methyl sites for hydroxylation is 1. The Bertz CT molecular complexity index is 1370. The van der Waals surface area contributed by atoms with Crippen LogP contribution in [0.5, 0.6) is 0 Å². The quantitative estimate of drug-likeness (QED) is 0.215. The topological polar surface area (TPSA) is 83.8 Å². The Morgan fingerprint density at radius 1 is 0.857 bits per heavy atom. The Labute approximate surface area is 203 Å². The maximum absolute atomic E-state index is 13.6. The number of carbonyl (C=O) groups excluding carboxylic acids is 2. The Hall–Kier alpha value is -4.26. The number of benzene rings is 3. The van der Waals surface area contributed by atoms with Crippen molar-refractivity contribution in [2.24, 2.45) is 0 Å². The summed E-state index contributed by atoms with van der Waals surface area (Å²) >= 11 is 0. The first-order valence-electron chi connectivity index (χ1n) is 11.7. The number of amides is 2. The van der Waals surface area contributed by atoms with E-state index >= 15 is 0 Å². The molecule has 7 heteroatoms. The fraction of sp³-hybridized carbons (Fsp3) is 0.214. The highest BCUT2D eigenvalue weighted by atomic mass is 16.6. The smallest absolute Gasteiger partial charge is 0.293 e. The van der Waals surface area contributed by atoms with Gasteiger partial charge in [-0.15, -0.1) is 0 Å². The molecule has 0 atom stereocenters. The third kappa shape index (κ3) is 4.21. The molecule has 0 aliphatic carbocycles. The summed E-state index contributed by atoms with van der Waals surface area (Å²) in [7, 11) is 0. The molecule has 0 aromatic heterocycles. The van der Waals surface area contributed by atoms with Crippen molar-refractivity contribution in [2.75, 3.05) is 22.9 Å². The predicted octanol–water partition coefficient (Wildman–Crippen LogP) is 5.62. The van der Waals surface area contributed by atoms with Crippen LogP contribution in [0.25, 0.3) is 11.6 Å². The van der Waals surface area contributed by atoms with E-state index in [-0.39, 0.29) is 16.5 Å². The van der Waals surface area contributed by atoms with Crippen LogP contribution in [0.2, 0.25) is 0 Å². The van der Waals surface area contributed by atoms with Crippen molar-refractivity contribution < 1.29 is 14.5 Å². The van der Waals surface area contributed by atoms with Crippen LogP contribution in [0.1, 0.15) is 46.3 Å². The first-order valence-corrected chi connectivity index (χ1v) is 11.7. The second-order valence-corrected chi connectivity index (χ2v) is 8.94. The van der Waals surface area contributed by atoms with Gasteiger partial charge in [0.05, 0.1) is 10.6 Å². The number of piperidine rings is 1. The highest BCUT2D eigenvalue weighted by Gasteiger charge is 2.36. The number of hydrogen-bond donors (Lipinski definition) is 0. The van der Waals surface area contributed by atoms with Crippen LogP contribution in [-0.2, 0) is 4.79 Å². The lowest BCUT2D eigenvalue weighted by atomic mass is 9.91. The van der Waals surface area contributed by atoms with Gasteiger partial charge in [-0.3, -0.25) is 19.7 Å². The van der Waals surface area contributed by atoms with Gasteiger partial charge in [-0.1, -0.05) is 36.4 Å². The van der Waals surface area contributed by atoms with E-state index in [1.54, 1.807) is 60.7 Å². The molecule has 3 aromatic carbocycles. The van der Waals surface area contributed by atoms with Gasteiger partial charge in [-0.25, -0.2) is 4.90 Å². The second-order valence-electron chi connectivity index (χ2n) is 8.94. The molecule has 1 fully saturated rings. The fourth-order valence-electron chi connectivity index (χ4n) is 4.84. The lowest BCUT2D eigenvalue weighted by Crippen LogP contribution is -2.41. The lowest BCUT2D eigenvalue weighted by Gasteiger charge is -2.29. The van der Waals surface area contributed by atoms with Gasteiger partial charge >= 0.3 is 0 Å². The SMILES string of the molecule is Cc1cccc(N2C(=O)C(=Cc3ccc(N4CCCCC4)c([N+](=O)[O-])c3)c3ccccc3C2=O)c1. The van der Waals surface area contributed by atoms with Gasteiger partial charge in [0.25, 0.3) is 17.5 Å². The van der Waals surface area contributed by atoms with Crippen molar-refractivity contribution in [2.45, 2.75) is 26.2 Å². The molecule has 7 nitrogen and oxygen atoms in total. The van der Waals surface area contributed by atoms with E-state index in [1.807, 2.05) is 13.0 Å². The number of rotatable bonds is 4. The molecule has 2 aliphatic rings. The number of hydrogen-bond acceptors (Lipinski definition) is 5. The minimum Gasteiger partial charge on any atom is -0.366 e. The first-order chi connectivity index (χ1) is 16.9. The molecule has 0 unspecified atom stereocenters. The van der Waals surface area contributed by atoms with Crippen LogP contribution in [0, 0.1) is 17.0 Å². The molecule has 35 heavy (non-hydrogen) atoms. The molecule has 0 radical (unpaired) electrons. The number of fused-ring (bicyclic) bond motifs is 1. The summed E-state index contributed by atoms with van der Waals surface area (Å²) in [6.07, 6.45) is 4.80. The Kier molecular flexibility index (Phi) is 5.91. The van der Waals surface area contributed by atoms with Crippen molar-refractivity contribution in [3.63, 3.8) is 0 Å². The molecule has 0 saturated carbocycles. The number of imide groups is 1. The van der Waals surface area contributed by atoms with E-state index in [4.69, 9.17) is 0 Å². The summed E-state index contributed by atoms with van der Waals surface area (Å²) in [6.45, 7) is 3.48. The van der Waals surface area contributed by atoms with Gasteiger partial charge in [-0.05, 0) is 73.2 Å². The summed E-state index contributed by atoms with van der Waals surface area (Å²) < 4.78 is 0. The average molecular weight is 468 g/mol. The third-order valence-corrected chi connectivity index (χ3v) is 6.55. The van der Waals surface area contributed by atoms with Gasteiger partial charge in [0.15, 0.2) is 0 Å². The normalized spacial score (nSPS) is 17.0. The van der Waals surface area contributed by atoms with E-state index in [0.29, 0.717) is 33.6 Å². The van der Waals surface area contributed by atoms with Crippen molar-refractivity contribution in [3.8, 4) is 0 Å². The van der Waals surface area contributed by atoms with Crippen LogP contribution in [0.4, 0.5) is 17.1 Å². The molecule has 2 aliphatic heterocycles. The summed E-state index contributed by atoms with van der Waals surface area (Å²) in [5.74, 6) is -0.846. The van der Waals surface area contributed by atoms with Gasteiger partial charge in [0.2, 0.25) is 0 Å². The molecule has 2 amide bonds. The largest absolute Gasteiger partial charge is 0.366 e. The Morgan fingerprint density at radius 2 is 1.60 bits per heavy atom. The van der Waals surface area contributed by atoms with E-state index in [9.17, 15) is 19.7 Å². The first kappa shape index (κ1) is 22.5. The highest BCUT2D eigenvalue weighted by molar-refractivity contribution is 6.43. The van der Waals surface area contributed by atoms with E-state index in [0.717, 1.165) is 37.9 Å². The van der Waals surface area contributed by atoms with Crippen molar-refractivity contribution in [1.29, 1.82) is 0 Å². The van der Waals surface area contributed by atoms with Crippen LogP contribution in [-0.4, -0.2) is 29.8 Å². The number of carbonyl (C=O) groups is 2. The second kappa shape index (κ2) is 9.18. The number of nitro groups is 1. The average Bonchev–Trinajstić information content (AvgIpc) is 2.87. The molecule has 0 N–H and O–H groups in total. The van der Waals surface area contributed by atoms with Crippen molar-refractivity contribution in [1.82, 2.24) is 0 Å². The Balaban J connectivity index is 1.61. The van der Waals surface area contributed by atoms with Crippen molar-refractivity contribution in [3.05, 3.63) is 99.1 Å². The van der Waals surface area contributed by atoms with Crippen LogP contribution < -0.4 is 9.80 Å². The molecule has 176 valence electrons. The van der Waals surface area contributed by atoms with Crippen molar-refractivity contribution >= 4 is 40.5 Å². The third-order valence-electron chi connectivity index (χ3n) is 6.55.